The molecule has 0 aromatic rings. The molecule has 0 saturated heterocycles. The maximum atomic E-state index is 12.4. The first kappa shape index (κ1) is 48.1. The van der Waals surface area contributed by atoms with E-state index in [9.17, 15) is 20.1 Å². The molecule has 0 bridgehead atoms. The van der Waals surface area contributed by atoms with Crippen molar-refractivity contribution in [1.29, 1.82) is 0 Å². The van der Waals surface area contributed by atoms with Gasteiger partial charge in [0.1, 0.15) is 0 Å². The molecule has 5 nitrogen and oxygen atoms in total. The highest BCUT2D eigenvalue weighted by atomic mass is 16.3. The smallest absolute Gasteiger partial charge is 0.222 e. The molecule has 0 aliphatic heterocycles. The van der Waals surface area contributed by atoms with E-state index in [0.29, 0.717) is 6.42 Å². The van der Waals surface area contributed by atoms with Crippen molar-refractivity contribution in [3.05, 3.63) is 12.2 Å². The third-order valence-electron chi connectivity index (χ3n) is 10.3. The van der Waals surface area contributed by atoms with E-state index in [1.165, 1.54) is 186 Å². The van der Waals surface area contributed by atoms with Crippen LogP contribution >= 0.6 is 0 Å². The number of rotatable bonds is 40. The van der Waals surface area contributed by atoms with Crippen LogP contribution in [0.3, 0.4) is 0 Å². The summed E-state index contributed by atoms with van der Waals surface area (Å²) < 4.78 is 0. The second-order valence-corrected chi connectivity index (χ2v) is 15.3. The molecule has 0 aromatic carbocycles. The Morgan fingerprint density at radius 3 is 1.18 bits per heavy atom. The first-order valence-corrected chi connectivity index (χ1v) is 22.0. The van der Waals surface area contributed by atoms with Crippen LogP contribution < -0.4 is 5.32 Å². The van der Waals surface area contributed by atoms with Crippen molar-refractivity contribution in [1.82, 2.24) is 5.32 Å². The van der Waals surface area contributed by atoms with Gasteiger partial charge in [-0.15, -0.1) is 0 Å². The van der Waals surface area contributed by atoms with Gasteiger partial charge in [0.25, 0.3) is 0 Å². The Labute approximate surface area is 306 Å². The van der Waals surface area contributed by atoms with Gasteiger partial charge in [0.15, 0.2) is 0 Å². The van der Waals surface area contributed by atoms with Crippen LogP contribution in [0.15, 0.2) is 12.2 Å². The summed E-state index contributed by atoms with van der Waals surface area (Å²) in [5.74, 6) is -0.312. The van der Waals surface area contributed by atoms with E-state index < -0.39 is 18.2 Å². The quantitative estimate of drug-likeness (QED) is 0.0380. The summed E-state index contributed by atoms with van der Waals surface area (Å²) in [5, 5.41) is 33.2. The molecule has 5 heteroatoms. The Balaban J connectivity index is 3.60. The summed E-state index contributed by atoms with van der Waals surface area (Å²) in [4.78, 5) is 12.4. The molecule has 49 heavy (non-hydrogen) atoms. The number of carbonyl (C=O) groups is 1. The monoisotopic (exact) mass is 694 g/mol. The molecule has 0 aliphatic rings. The number of allylic oxidation sites excluding steroid dienone is 1. The van der Waals surface area contributed by atoms with Crippen LogP contribution in [0, 0.1) is 0 Å². The van der Waals surface area contributed by atoms with Crippen LogP contribution in [0.25, 0.3) is 0 Å². The van der Waals surface area contributed by atoms with Crippen LogP contribution in [0.4, 0.5) is 0 Å². The van der Waals surface area contributed by atoms with Gasteiger partial charge < -0.3 is 20.6 Å². The summed E-state index contributed by atoms with van der Waals surface area (Å²) in [6.07, 6.45) is 46.4. The SMILES string of the molecule is CCCCCCCCCCCCC/C=C/[C@@H](O)[C@H](CO)NC(=O)C[C@H](O)CCCCCCCCCCCCCCCCCCCCCCC. The lowest BCUT2D eigenvalue weighted by Crippen LogP contribution is -2.45. The number of aliphatic hydroxyl groups excluding tert-OH is 3. The minimum atomic E-state index is -0.923. The van der Waals surface area contributed by atoms with Crippen molar-refractivity contribution in [3.63, 3.8) is 0 Å². The van der Waals surface area contributed by atoms with Crippen LogP contribution in [-0.4, -0.2) is 46.1 Å². The average Bonchev–Trinajstić information content (AvgIpc) is 3.09. The van der Waals surface area contributed by atoms with E-state index in [0.717, 1.165) is 25.7 Å². The third-order valence-corrected chi connectivity index (χ3v) is 10.3. The first-order chi connectivity index (χ1) is 24.0. The number of aliphatic hydroxyl groups is 3. The Morgan fingerprint density at radius 1 is 0.510 bits per heavy atom. The van der Waals surface area contributed by atoms with Gasteiger partial charge in [-0.05, 0) is 19.3 Å². The fourth-order valence-electron chi connectivity index (χ4n) is 6.93. The van der Waals surface area contributed by atoms with Gasteiger partial charge in [0, 0.05) is 0 Å². The lowest BCUT2D eigenvalue weighted by Gasteiger charge is -2.21. The molecule has 1 amide bonds. The van der Waals surface area contributed by atoms with Gasteiger partial charge in [0.05, 0.1) is 31.3 Å². The van der Waals surface area contributed by atoms with Crippen molar-refractivity contribution in [3.8, 4) is 0 Å². The number of hydrogen-bond acceptors (Lipinski definition) is 4. The Hall–Kier alpha value is -0.910. The molecule has 0 radical (unpaired) electrons. The van der Waals surface area contributed by atoms with Crippen molar-refractivity contribution < 1.29 is 20.1 Å². The fraction of sp³-hybridized carbons (Fsp3) is 0.932. The predicted molar refractivity (Wildman–Crippen MR) is 213 cm³/mol. The molecular weight excluding hydrogens is 606 g/mol. The molecule has 0 rings (SSSR count). The molecule has 0 saturated carbocycles. The third kappa shape index (κ3) is 36.7. The van der Waals surface area contributed by atoms with E-state index in [4.69, 9.17) is 0 Å². The number of hydrogen-bond donors (Lipinski definition) is 4. The van der Waals surface area contributed by atoms with Crippen molar-refractivity contribution in [2.75, 3.05) is 6.61 Å². The second-order valence-electron chi connectivity index (χ2n) is 15.3. The minimum Gasteiger partial charge on any atom is -0.394 e. The highest BCUT2D eigenvalue weighted by molar-refractivity contribution is 5.76. The highest BCUT2D eigenvalue weighted by Gasteiger charge is 2.20. The summed E-state index contributed by atoms with van der Waals surface area (Å²) >= 11 is 0. The lowest BCUT2D eigenvalue weighted by molar-refractivity contribution is -0.124. The molecule has 0 fully saturated rings. The van der Waals surface area contributed by atoms with E-state index in [2.05, 4.69) is 19.2 Å². The average molecular weight is 694 g/mol. The van der Waals surface area contributed by atoms with Crippen LogP contribution in [-0.2, 0) is 4.79 Å². The molecule has 0 heterocycles. The molecule has 0 unspecified atom stereocenters. The highest BCUT2D eigenvalue weighted by Crippen LogP contribution is 2.16. The molecule has 4 N–H and O–H groups in total. The summed E-state index contributed by atoms with van der Waals surface area (Å²) in [6, 6.07) is -0.738. The zero-order valence-corrected chi connectivity index (χ0v) is 33.1. The minimum absolute atomic E-state index is 0.0187. The Morgan fingerprint density at radius 2 is 0.837 bits per heavy atom. The first-order valence-electron chi connectivity index (χ1n) is 22.0. The Kier molecular flexibility index (Phi) is 39.1. The molecule has 0 spiro atoms. The molecule has 0 aliphatic carbocycles. The summed E-state index contributed by atoms with van der Waals surface area (Å²) in [7, 11) is 0. The predicted octanol–water partition coefficient (Wildman–Crippen LogP) is 12.4. The summed E-state index contributed by atoms with van der Waals surface area (Å²) in [6.45, 7) is 4.22. The van der Waals surface area contributed by atoms with E-state index in [1.807, 2.05) is 6.08 Å². The number of nitrogens with one attached hydrogen (secondary N) is 1. The standard InChI is InChI=1S/C44H87NO4/c1-3-5-7-9-11-13-15-17-18-19-20-21-22-23-24-26-27-29-31-33-35-37-41(47)39-44(49)45-42(40-46)43(48)38-36-34-32-30-28-25-16-14-12-10-8-6-4-2/h36,38,41-43,46-48H,3-35,37,39-40H2,1-2H3,(H,45,49)/b38-36+/t41-,42+,43-/m1/s1. The maximum absolute atomic E-state index is 12.4. The van der Waals surface area contributed by atoms with Gasteiger partial charge in [-0.25, -0.2) is 0 Å². The second kappa shape index (κ2) is 39.9. The number of amides is 1. The van der Waals surface area contributed by atoms with Gasteiger partial charge >= 0.3 is 0 Å². The van der Waals surface area contributed by atoms with Crippen molar-refractivity contribution >= 4 is 5.91 Å². The van der Waals surface area contributed by atoms with Crippen molar-refractivity contribution in [2.24, 2.45) is 0 Å². The normalized spacial score (nSPS) is 13.7. The van der Waals surface area contributed by atoms with Crippen LogP contribution in [0.1, 0.15) is 239 Å². The molecular formula is C44H87NO4. The summed E-state index contributed by atoms with van der Waals surface area (Å²) in [5.41, 5.74) is 0. The topological polar surface area (TPSA) is 89.8 Å². The van der Waals surface area contributed by atoms with Gasteiger partial charge in [-0.3, -0.25) is 4.79 Å². The zero-order chi connectivity index (χ0) is 35.9. The lowest BCUT2D eigenvalue weighted by atomic mass is 10.0. The van der Waals surface area contributed by atoms with Crippen molar-refractivity contribution in [2.45, 2.75) is 257 Å². The van der Waals surface area contributed by atoms with Crippen LogP contribution in [0.2, 0.25) is 0 Å². The molecule has 292 valence electrons. The fourth-order valence-corrected chi connectivity index (χ4v) is 6.93. The van der Waals surface area contributed by atoms with E-state index in [1.54, 1.807) is 6.08 Å². The van der Waals surface area contributed by atoms with Crippen LogP contribution in [0.5, 0.6) is 0 Å². The number of unbranched alkanes of at least 4 members (excludes halogenated alkanes) is 31. The van der Waals surface area contributed by atoms with Gasteiger partial charge in [-0.1, -0.05) is 225 Å². The largest absolute Gasteiger partial charge is 0.394 e. The van der Waals surface area contributed by atoms with E-state index in [-0.39, 0.29) is 18.9 Å². The zero-order valence-electron chi connectivity index (χ0n) is 33.1. The maximum Gasteiger partial charge on any atom is 0.222 e. The van der Waals surface area contributed by atoms with Gasteiger partial charge in [0.2, 0.25) is 5.91 Å². The number of carbonyl (C=O) groups excluding carboxylic acids is 1. The molecule has 0 aromatic heterocycles. The van der Waals surface area contributed by atoms with E-state index >= 15 is 0 Å². The van der Waals surface area contributed by atoms with Gasteiger partial charge in [-0.2, -0.15) is 0 Å². The Bertz CT molecular complexity index is 684. The molecule has 3 atom stereocenters.